The van der Waals surface area contributed by atoms with E-state index >= 15 is 0 Å². The van der Waals surface area contributed by atoms with Gasteiger partial charge < -0.3 is 9.64 Å². The molecule has 88 valence electrons. The minimum atomic E-state index is 0.308. The van der Waals surface area contributed by atoms with Crippen molar-refractivity contribution in [3.05, 3.63) is 11.1 Å². The van der Waals surface area contributed by atoms with Crippen molar-refractivity contribution in [3.63, 3.8) is 0 Å². The van der Waals surface area contributed by atoms with E-state index in [1.807, 2.05) is 7.05 Å². The predicted molar refractivity (Wildman–Crippen MR) is 64.4 cm³/mol. The Morgan fingerprint density at radius 3 is 3.19 bits per heavy atom. The molecule has 1 atom stereocenters. The molecule has 1 fully saturated rings. The van der Waals surface area contributed by atoms with Crippen LogP contribution in [0.25, 0.3) is 0 Å². The van der Waals surface area contributed by atoms with Gasteiger partial charge in [-0.15, -0.1) is 0 Å². The zero-order valence-corrected chi connectivity index (χ0v) is 10.2. The number of thiazole rings is 1. The molecule has 0 saturated carbocycles. The van der Waals surface area contributed by atoms with Crippen LogP contribution in [-0.2, 0) is 4.74 Å². The molecule has 2 heterocycles. The van der Waals surface area contributed by atoms with Gasteiger partial charge in [0.25, 0.3) is 0 Å². The first-order valence-corrected chi connectivity index (χ1v) is 6.35. The molecule has 0 aromatic carbocycles. The summed E-state index contributed by atoms with van der Waals surface area (Å²) in [5.41, 5.74) is 0. The second kappa shape index (κ2) is 5.41. The Labute approximate surface area is 99.2 Å². The number of nitrogens with zero attached hydrogens (tertiary/aromatic N) is 2. The first-order chi connectivity index (χ1) is 7.79. The molecule has 0 amide bonds. The van der Waals surface area contributed by atoms with Gasteiger partial charge in [0.1, 0.15) is 0 Å². The summed E-state index contributed by atoms with van der Waals surface area (Å²) in [7, 11) is 1.99. The van der Waals surface area contributed by atoms with Crippen LogP contribution in [0.15, 0.2) is 6.20 Å². The molecule has 0 bridgehead atoms. The van der Waals surface area contributed by atoms with Gasteiger partial charge in [-0.1, -0.05) is 11.3 Å². The molecular weight excluding hydrogens is 224 g/mol. The van der Waals surface area contributed by atoms with E-state index in [0.29, 0.717) is 11.0 Å². The van der Waals surface area contributed by atoms with Gasteiger partial charge in [-0.2, -0.15) is 0 Å². The summed E-state index contributed by atoms with van der Waals surface area (Å²) < 4.78 is 5.67. The number of ether oxygens (including phenoxy) is 1. The van der Waals surface area contributed by atoms with E-state index < -0.39 is 0 Å². The Hall–Kier alpha value is -0.940. The van der Waals surface area contributed by atoms with Crippen LogP contribution in [0.1, 0.15) is 28.9 Å². The maximum absolute atomic E-state index is 10.6. The third-order valence-corrected chi connectivity index (χ3v) is 3.74. The minimum Gasteiger partial charge on any atom is -0.376 e. The normalized spacial score (nSPS) is 20.7. The third-order valence-electron chi connectivity index (χ3n) is 2.71. The van der Waals surface area contributed by atoms with Crippen LogP contribution in [0, 0.1) is 0 Å². The van der Waals surface area contributed by atoms with E-state index in [-0.39, 0.29) is 0 Å². The molecule has 0 spiro atoms. The van der Waals surface area contributed by atoms with Crippen molar-refractivity contribution in [2.24, 2.45) is 0 Å². The van der Waals surface area contributed by atoms with Gasteiger partial charge >= 0.3 is 0 Å². The molecule has 1 aliphatic heterocycles. The number of carbonyl (C=O) groups excluding carboxylic acids is 1. The molecule has 0 N–H and O–H groups in total. The zero-order chi connectivity index (χ0) is 11.4. The lowest BCUT2D eigenvalue weighted by Gasteiger charge is -2.27. The van der Waals surface area contributed by atoms with Crippen LogP contribution in [-0.4, -0.2) is 37.6 Å². The summed E-state index contributed by atoms with van der Waals surface area (Å²) in [6, 6.07) is 0. The molecule has 16 heavy (non-hydrogen) atoms. The Bertz CT molecular complexity index is 348. The summed E-state index contributed by atoms with van der Waals surface area (Å²) in [4.78, 5) is 17.5. The van der Waals surface area contributed by atoms with Crippen LogP contribution >= 0.6 is 11.3 Å². The molecule has 5 heteroatoms. The van der Waals surface area contributed by atoms with E-state index in [0.717, 1.165) is 31.0 Å². The van der Waals surface area contributed by atoms with Gasteiger partial charge in [-0.05, 0) is 19.3 Å². The van der Waals surface area contributed by atoms with Gasteiger partial charge in [-0.25, -0.2) is 4.98 Å². The van der Waals surface area contributed by atoms with E-state index in [1.54, 1.807) is 6.20 Å². The van der Waals surface area contributed by atoms with Crippen molar-refractivity contribution >= 4 is 22.8 Å². The largest absolute Gasteiger partial charge is 0.376 e. The number of anilines is 1. The predicted octanol–water partition coefficient (Wildman–Crippen LogP) is 1.96. The summed E-state index contributed by atoms with van der Waals surface area (Å²) in [6.45, 7) is 1.72. The highest BCUT2D eigenvalue weighted by atomic mass is 32.1. The number of carbonyl (C=O) groups is 1. The van der Waals surface area contributed by atoms with Crippen molar-refractivity contribution < 1.29 is 9.53 Å². The second-order valence-electron chi connectivity index (χ2n) is 4.03. The van der Waals surface area contributed by atoms with E-state index in [2.05, 4.69) is 9.88 Å². The van der Waals surface area contributed by atoms with Gasteiger partial charge in [0.15, 0.2) is 11.4 Å². The molecule has 1 aromatic rings. The summed E-state index contributed by atoms with van der Waals surface area (Å²) in [6.07, 6.45) is 6.30. The molecule has 0 aliphatic carbocycles. The molecule has 0 radical (unpaired) electrons. The first kappa shape index (κ1) is 11.5. The van der Waals surface area contributed by atoms with E-state index in [4.69, 9.17) is 4.74 Å². The Morgan fingerprint density at radius 2 is 2.56 bits per heavy atom. The van der Waals surface area contributed by atoms with Crippen molar-refractivity contribution in [3.8, 4) is 0 Å². The van der Waals surface area contributed by atoms with Gasteiger partial charge in [0, 0.05) is 20.2 Å². The van der Waals surface area contributed by atoms with Gasteiger partial charge in [0.2, 0.25) is 0 Å². The number of hydrogen-bond donors (Lipinski definition) is 0. The van der Waals surface area contributed by atoms with Crippen molar-refractivity contribution in [2.75, 3.05) is 25.1 Å². The second-order valence-corrected chi connectivity index (χ2v) is 5.07. The van der Waals surface area contributed by atoms with Gasteiger partial charge in [0.05, 0.1) is 17.2 Å². The molecule has 1 aliphatic rings. The molecule has 1 unspecified atom stereocenters. The van der Waals surface area contributed by atoms with E-state index in [1.165, 1.54) is 24.2 Å². The number of rotatable bonds is 4. The van der Waals surface area contributed by atoms with Crippen molar-refractivity contribution in [2.45, 2.75) is 25.4 Å². The number of likely N-dealkylation sites (N-methyl/N-ethyl adjacent to an activating group) is 1. The van der Waals surface area contributed by atoms with Crippen LogP contribution in [0.3, 0.4) is 0 Å². The standard InChI is InChI=1S/C11H16N2O2S/c1-13(7-9-4-2-3-5-15-9)11-12-6-10(8-14)16-11/h6,8-9H,2-5,7H2,1H3. The lowest BCUT2D eigenvalue weighted by atomic mass is 10.1. The van der Waals surface area contributed by atoms with Gasteiger partial charge in [-0.3, -0.25) is 4.79 Å². The lowest BCUT2D eigenvalue weighted by Crippen LogP contribution is -2.33. The fraction of sp³-hybridized carbons (Fsp3) is 0.636. The average molecular weight is 240 g/mol. The SMILES string of the molecule is CN(CC1CCCCO1)c1ncc(C=O)s1. The van der Waals surface area contributed by atoms with E-state index in [9.17, 15) is 4.79 Å². The molecular formula is C11H16N2O2S. The molecule has 2 rings (SSSR count). The highest BCUT2D eigenvalue weighted by molar-refractivity contribution is 7.17. The topological polar surface area (TPSA) is 42.4 Å². The summed E-state index contributed by atoms with van der Waals surface area (Å²) >= 11 is 1.42. The molecule has 4 nitrogen and oxygen atoms in total. The van der Waals surface area contributed by atoms with Crippen molar-refractivity contribution in [1.82, 2.24) is 4.98 Å². The fourth-order valence-electron chi connectivity index (χ4n) is 1.84. The third kappa shape index (κ3) is 2.80. The van der Waals surface area contributed by atoms with Crippen LogP contribution in [0.2, 0.25) is 0 Å². The molecule has 1 saturated heterocycles. The Morgan fingerprint density at radius 1 is 1.69 bits per heavy atom. The lowest BCUT2D eigenvalue weighted by molar-refractivity contribution is 0.0216. The van der Waals surface area contributed by atoms with Crippen molar-refractivity contribution in [1.29, 1.82) is 0 Å². The first-order valence-electron chi connectivity index (χ1n) is 5.53. The highest BCUT2D eigenvalue weighted by Gasteiger charge is 2.17. The smallest absolute Gasteiger partial charge is 0.185 e. The van der Waals surface area contributed by atoms with Crippen LogP contribution in [0.5, 0.6) is 0 Å². The maximum atomic E-state index is 10.6. The molecule has 1 aromatic heterocycles. The average Bonchev–Trinajstić information content (AvgIpc) is 2.79. The minimum absolute atomic E-state index is 0.308. The zero-order valence-electron chi connectivity index (χ0n) is 9.39. The summed E-state index contributed by atoms with van der Waals surface area (Å²) in [5, 5.41) is 0.885. The highest BCUT2D eigenvalue weighted by Crippen LogP contribution is 2.22. The maximum Gasteiger partial charge on any atom is 0.185 e. The number of hydrogen-bond acceptors (Lipinski definition) is 5. The Balaban J connectivity index is 1.90. The van der Waals surface area contributed by atoms with Crippen LogP contribution < -0.4 is 4.90 Å². The number of aldehydes is 1. The number of aromatic nitrogens is 1. The Kier molecular flexibility index (Phi) is 3.90. The fourth-order valence-corrected chi connectivity index (χ4v) is 2.54. The summed E-state index contributed by atoms with van der Waals surface area (Å²) in [5.74, 6) is 0. The van der Waals surface area contributed by atoms with Crippen LogP contribution in [0.4, 0.5) is 5.13 Å². The monoisotopic (exact) mass is 240 g/mol. The quantitative estimate of drug-likeness (QED) is 0.755.